The lowest BCUT2D eigenvalue weighted by molar-refractivity contribution is -0.129. The summed E-state index contributed by atoms with van der Waals surface area (Å²) in [6, 6.07) is 0. The van der Waals surface area contributed by atoms with Crippen molar-refractivity contribution in [2.24, 2.45) is 23.5 Å². The quantitative estimate of drug-likeness (QED) is 0.752. The van der Waals surface area contributed by atoms with Crippen LogP contribution in [0, 0.1) is 17.8 Å². The van der Waals surface area contributed by atoms with E-state index in [1.165, 1.54) is 0 Å². The average molecular weight is 226 g/mol. The Morgan fingerprint density at radius 1 is 1.25 bits per heavy atom. The summed E-state index contributed by atoms with van der Waals surface area (Å²) in [5.74, 6) is 1.77. The van der Waals surface area contributed by atoms with Gasteiger partial charge < -0.3 is 11.1 Å². The molecule has 0 bridgehead atoms. The highest BCUT2D eigenvalue weighted by molar-refractivity contribution is 5.86. The first-order chi connectivity index (χ1) is 7.37. The molecular weight excluding hydrogens is 200 g/mol. The molecule has 1 aliphatic carbocycles. The number of hydrogen-bond donors (Lipinski definition) is 2. The molecule has 16 heavy (non-hydrogen) atoms. The van der Waals surface area contributed by atoms with Crippen LogP contribution in [0.15, 0.2) is 0 Å². The normalized spacial score (nSPS) is 19.0. The molecule has 1 fully saturated rings. The highest BCUT2D eigenvalue weighted by Gasteiger charge is 2.40. The molecule has 0 aromatic heterocycles. The zero-order chi connectivity index (χ0) is 12.3. The number of rotatable bonds is 5. The van der Waals surface area contributed by atoms with Crippen LogP contribution in [0.3, 0.4) is 0 Å². The fourth-order valence-corrected chi connectivity index (χ4v) is 2.41. The Morgan fingerprint density at radius 2 is 1.75 bits per heavy atom. The van der Waals surface area contributed by atoms with Gasteiger partial charge in [-0.15, -0.1) is 0 Å². The van der Waals surface area contributed by atoms with Gasteiger partial charge in [0, 0.05) is 6.54 Å². The van der Waals surface area contributed by atoms with Crippen molar-refractivity contribution in [2.75, 3.05) is 6.54 Å². The van der Waals surface area contributed by atoms with Crippen molar-refractivity contribution in [3.05, 3.63) is 0 Å². The van der Waals surface area contributed by atoms with Crippen molar-refractivity contribution in [2.45, 2.75) is 52.5 Å². The van der Waals surface area contributed by atoms with E-state index in [4.69, 9.17) is 5.73 Å². The summed E-state index contributed by atoms with van der Waals surface area (Å²) in [6.45, 7) is 9.58. The number of hydrogen-bond acceptors (Lipinski definition) is 2. The van der Waals surface area contributed by atoms with Crippen LogP contribution in [0.1, 0.15) is 47.0 Å². The lowest BCUT2D eigenvalue weighted by atomic mass is 9.76. The van der Waals surface area contributed by atoms with Crippen LogP contribution in [0.5, 0.6) is 0 Å². The first-order valence-electron chi connectivity index (χ1n) is 6.44. The molecule has 0 aromatic carbocycles. The van der Waals surface area contributed by atoms with Crippen LogP contribution in [-0.4, -0.2) is 18.0 Å². The van der Waals surface area contributed by atoms with E-state index in [1.54, 1.807) is 0 Å². The number of nitrogens with one attached hydrogen (secondary N) is 1. The second-order valence-electron chi connectivity index (χ2n) is 5.87. The van der Waals surface area contributed by atoms with Crippen LogP contribution < -0.4 is 11.1 Å². The summed E-state index contributed by atoms with van der Waals surface area (Å²) in [5.41, 5.74) is 5.42. The van der Waals surface area contributed by atoms with E-state index in [1.807, 2.05) is 0 Å². The van der Waals surface area contributed by atoms with Crippen molar-refractivity contribution in [1.29, 1.82) is 0 Å². The van der Waals surface area contributed by atoms with Gasteiger partial charge in [-0.1, -0.05) is 27.7 Å². The molecule has 0 saturated heterocycles. The molecule has 3 heteroatoms. The summed E-state index contributed by atoms with van der Waals surface area (Å²) in [6.07, 6.45) is 2.77. The molecule has 0 aromatic rings. The largest absolute Gasteiger partial charge is 0.354 e. The molecule has 3 N–H and O–H groups in total. The molecule has 94 valence electrons. The van der Waals surface area contributed by atoms with Gasteiger partial charge in [0.2, 0.25) is 5.91 Å². The van der Waals surface area contributed by atoms with Gasteiger partial charge in [0.25, 0.3) is 0 Å². The Hall–Kier alpha value is -0.570. The molecule has 1 amide bonds. The topological polar surface area (TPSA) is 55.1 Å². The minimum atomic E-state index is -0.557. The smallest absolute Gasteiger partial charge is 0.240 e. The van der Waals surface area contributed by atoms with E-state index in [2.05, 4.69) is 33.0 Å². The van der Waals surface area contributed by atoms with E-state index in [0.717, 1.165) is 25.8 Å². The lowest BCUT2D eigenvalue weighted by Crippen LogP contribution is -2.59. The Kier molecular flexibility index (Phi) is 4.36. The predicted octanol–water partition coefficient (Wildman–Crippen LogP) is 1.91. The highest BCUT2D eigenvalue weighted by Crippen LogP contribution is 2.29. The first kappa shape index (κ1) is 13.5. The monoisotopic (exact) mass is 226 g/mol. The molecule has 0 atom stereocenters. The SMILES string of the molecule is CC(C)C(CNC(=O)C1(N)CCC1)C(C)C. The third kappa shape index (κ3) is 2.97. The Morgan fingerprint density at radius 3 is 2.06 bits per heavy atom. The minimum absolute atomic E-state index is 0.0463. The third-order valence-corrected chi connectivity index (χ3v) is 3.91. The molecule has 3 nitrogen and oxygen atoms in total. The fraction of sp³-hybridized carbons (Fsp3) is 0.923. The zero-order valence-corrected chi connectivity index (χ0v) is 11.0. The van der Waals surface area contributed by atoms with Gasteiger partial charge in [-0.05, 0) is 37.0 Å². The van der Waals surface area contributed by atoms with Crippen LogP contribution >= 0.6 is 0 Å². The Labute approximate surface area is 99.2 Å². The second-order valence-corrected chi connectivity index (χ2v) is 5.87. The Balaban J connectivity index is 2.40. The summed E-state index contributed by atoms with van der Waals surface area (Å²) >= 11 is 0. The molecule has 0 unspecified atom stereocenters. The maximum atomic E-state index is 11.9. The summed E-state index contributed by atoms with van der Waals surface area (Å²) in [7, 11) is 0. The number of carbonyl (C=O) groups excluding carboxylic acids is 1. The number of amides is 1. The number of carbonyl (C=O) groups is 1. The van der Waals surface area contributed by atoms with Gasteiger partial charge in [-0.25, -0.2) is 0 Å². The second kappa shape index (κ2) is 5.17. The highest BCUT2D eigenvalue weighted by atomic mass is 16.2. The first-order valence-corrected chi connectivity index (χ1v) is 6.44. The van der Waals surface area contributed by atoms with Gasteiger partial charge in [0.1, 0.15) is 0 Å². The number of nitrogens with two attached hydrogens (primary N) is 1. The van der Waals surface area contributed by atoms with Crippen LogP contribution in [-0.2, 0) is 4.79 Å². The van der Waals surface area contributed by atoms with E-state index >= 15 is 0 Å². The van der Waals surface area contributed by atoms with Crippen molar-refractivity contribution >= 4 is 5.91 Å². The maximum Gasteiger partial charge on any atom is 0.240 e. The molecule has 0 heterocycles. The fourth-order valence-electron chi connectivity index (χ4n) is 2.41. The van der Waals surface area contributed by atoms with Crippen molar-refractivity contribution < 1.29 is 4.79 Å². The standard InChI is InChI=1S/C13H26N2O/c1-9(2)11(10(3)4)8-15-12(16)13(14)6-5-7-13/h9-11H,5-8,14H2,1-4H3,(H,15,16). The molecule has 1 aliphatic rings. The van der Waals surface area contributed by atoms with Gasteiger partial charge in [-0.2, -0.15) is 0 Å². The predicted molar refractivity (Wildman–Crippen MR) is 66.9 cm³/mol. The molecule has 0 spiro atoms. The van der Waals surface area contributed by atoms with E-state index in [9.17, 15) is 4.79 Å². The van der Waals surface area contributed by atoms with Crippen molar-refractivity contribution in [1.82, 2.24) is 5.32 Å². The van der Waals surface area contributed by atoms with E-state index in [-0.39, 0.29) is 5.91 Å². The zero-order valence-electron chi connectivity index (χ0n) is 11.0. The molecule has 1 saturated carbocycles. The Bertz CT molecular complexity index is 236. The van der Waals surface area contributed by atoms with Gasteiger partial charge in [0.15, 0.2) is 0 Å². The molecule has 0 radical (unpaired) electrons. The molecule has 1 rings (SSSR count). The maximum absolute atomic E-state index is 11.9. The summed E-state index contributed by atoms with van der Waals surface area (Å²) < 4.78 is 0. The van der Waals surface area contributed by atoms with Crippen LogP contribution in [0.25, 0.3) is 0 Å². The minimum Gasteiger partial charge on any atom is -0.354 e. The van der Waals surface area contributed by atoms with Crippen molar-refractivity contribution in [3.8, 4) is 0 Å². The van der Waals surface area contributed by atoms with Crippen molar-refractivity contribution in [3.63, 3.8) is 0 Å². The average Bonchev–Trinajstić information content (AvgIpc) is 2.12. The third-order valence-electron chi connectivity index (χ3n) is 3.91. The summed E-state index contributed by atoms with van der Waals surface area (Å²) in [5, 5.41) is 3.02. The van der Waals surface area contributed by atoms with Crippen LogP contribution in [0.2, 0.25) is 0 Å². The summed E-state index contributed by atoms with van der Waals surface area (Å²) in [4.78, 5) is 11.9. The van der Waals surface area contributed by atoms with E-state index < -0.39 is 5.54 Å². The van der Waals surface area contributed by atoms with Crippen LogP contribution in [0.4, 0.5) is 0 Å². The lowest BCUT2D eigenvalue weighted by Gasteiger charge is -2.37. The van der Waals surface area contributed by atoms with Gasteiger partial charge in [0.05, 0.1) is 5.54 Å². The molecular formula is C13H26N2O. The van der Waals surface area contributed by atoms with Gasteiger partial charge >= 0.3 is 0 Å². The molecule has 0 aliphatic heterocycles. The van der Waals surface area contributed by atoms with E-state index in [0.29, 0.717) is 17.8 Å². The van der Waals surface area contributed by atoms with Gasteiger partial charge in [-0.3, -0.25) is 4.79 Å².